The molecule has 0 spiro atoms. The lowest BCUT2D eigenvalue weighted by molar-refractivity contribution is 0.200. The molecule has 1 aliphatic heterocycles. The number of fused-ring (bicyclic) bond motifs is 1. The quantitative estimate of drug-likeness (QED) is 0.779. The molecule has 0 aromatic carbocycles. The summed E-state index contributed by atoms with van der Waals surface area (Å²) in [5, 5.41) is 10.4. The molecule has 18 heavy (non-hydrogen) atoms. The van der Waals surface area contributed by atoms with E-state index in [2.05, 4.69) is 28.5 Å². The summed E-state index contributed by atoms with van der Waals surface area (Å²) in [4.78, 5) is 0. The van der Waals surface area contributed by atoms with Crippen LogP contribution in [0.4, 0.5) is 0 Å². The van der Waals surface area contributed by atoms with Crippen molar-refractivity contribution in [3.8, 4) is 0 Å². The normalized spacial score (nSPS) is 22.2. The summed E-state index contributed by atoms with van der Waals surface area (Å²) in [7, 11) is 0. The van der Waals surface area contributed by atoms with E-state index in [9.17, 15) is 0 Å². The molecular weight excluding hydrogens is 226 g/mol. The van der Waals surface area contributed by atoms with Crippen molar-refractivity contribution in [1.29, 1.82) is 0 Å². The van der Waals surface area contributed by atoms with Gasteiger partial charge in [-0.15, -0.1) is 5.10 Å². The third-order valence-electron chi connectivity index (χ3n) is 3.78. The number of hydrogen-bond acceptors (Lipinski definition) is 4. The van der Waals surface area contributed by atoms with Crippen molar-refractivity contribution in [3.63, 3.8) is 0 Å². The van der Waals surface area contributed by atoms with E-state index in [4.69, 9.17) is 5.84 Å². The van der Waals surface area contributed by atoms with Crippen LogP contribution in [0.2, 0.25) is 0 Å². The Morgan fingerprint density at radius 3 is 3.06 bits per heavy atom. The summed E-state index contributed by atoms with van der Waals surface area (Å²) in [5.41, 5.74) is 3.19. The zero-order valence-corrected chi connectivity index (χ0v) is 10.7. The second-order valence-electron chi connectivity index (χ2n) is 5.03. The first kappa shape index (κ1) is 11.6. The largest absolute Gasteiger partial charge is 0.268 e. The fourth-order valence-electron chi connectivity index (χ4n) is 2.76. The highest BCUT2D eigenvalue weighted by Gasteiger charge is 2.22. The van der Waals surface area contributed by atoms with Gasteiger partial charge in [0, 0.05) is 6.54 Å². The van der Waals surface area contributed by atoms with Crippen LogP contribution in [0.15, 0.2) is 18.2 Å². The van der Waals surface area contributed by atoms with Gasteiger partial charge < -0.3 is 0 Å². The zero-order chi connectivity index (χ0) is 12.5. The molecule has 3 heterocycles. The van der Waals surface area contributed by atoms with Gasteiger partial charge >= 0.3 is 0 Å². The van der Waals surface area contributed by atoms with E-state index in [-0.39, 0.29) is 6.04 Å². The Morgan fingerprint density at radius 1 is 1.28 bits per heavy atom. The maximum atomic E-state index is 6.18. The van der Waals surface area contributed by atoms with Gasteiger partial charge in [-0.05, 0) is 31.9 Å². The highest BCUT2D eigenvalue weighted by Crippen LogP contribution is 2.28. The number of aromatic nitrogens is 3. The maximum absolute atomic E-state index is 6.18. The second-order valence-corrected chi connectivity index (χ2v) is 5.03. The third-order valence-corrected chi connectivity index (χ3v) is 3.78. The fraction of sp³-hybridized carbons (Fsp3) is 0.538. The Hall–Kier alpha value is -1.46. The van der Waals surface area contributed by atoms with Crippen LogP contribution in [0.5, 0.6) is 0 Å². The van der Waals surface area contributed by atoms with Gasteiger partial charge in [0.25, 0.3) is 0 Å². The lowest BCUT2D eigenvalue weighted by Crippen LogP contribution is -2.35. The van der Waals surface area contributed by atoms with Gasteiger partial charge in [-0.1, -0.05) is 24.1 Å². The molecule has 1 fully saturated rings. The van der Waals surface area contributed by atoms with Gasteiger partial charge in [0.2, 0.25) is 0 Å². The third kappa shape index (κ3) is 1.89. The Kier molecular flexibility index (Phi) is 3.01. The molecule has 2 aromatic heterocycles. The SMILES string of the molecule is Cc1nnn2c(C3CCCCCN3N)cccc12. The lowest BCUT2D eigenvalue weighted by Gasteiger charge is -2.25. The zero-order valence-electron chi connectivity index (χ0n) is 10.7. The van der Waals surface area contributed by atoms with Gasteiger partial charge in [0.15, 0.2) is 0 Å². The molecule has 0 radical (unpaired) electrons. The van der Waals surface area contributed by atoms with Crippen LogP contribution in [0.3, 0.4) is 0 Å². The van der Waals surface area contributed by atoms with E-state index in [0.29, 0.717) is 0 Å². The summed E-state index contributed by atoms with van der Waals surface area (Å²) in [6.45, 7) is 2.94. The molecule has 0 amide bonds. The Bertz CT molecular complexity index is 547. The van der Waals surface area contributed by atoms with E-state index in [1.807, 2.05) is 16.4 Å². The molecule has 1 unspecified atom stereocenters. The molecule has 0 bridgehead atoms. The van der Waals surface area contributed by atoms with E-state index >= 15 is 0 Å². The lowest BCUT2D eigenvalue weighted by atomic mass is 10.1. The second kappa shape index (κ2) is 4.66. The summed E-state index contributed by atoms with van der Waals surface area (Å²) in [6.07, 6.45) is 4.76. The van der Waals surface area contributed by atoms with Crippen LogP contribution in [0, 0.1) is 6.92 Å². The minimum Gasteiger partial charge on any atom is -0.268 e. The standard InChI is InChI=1S/C13H19N5/c1-10-11-7-5-8-13(18(11)16-15-10)12-6-3-2-4-9-17(12)14/h5,7-8,12H,2-4,6,9,14H2,1H3. The molecule has 1 saturated heterocycles. The molecule has 2 N–H and O–H groups in total. The predicted octanol–water partition coefficient (Wildman–Crippen LogP) is 1.83. The Labute approximate surface area is 107 Å². The van der Waals surface area contributed by atoms with Crippen molar-refractivity contribution in [1.82, 2.24) is 19.8 Å². The molecule has 0 saturated carbocycles. The highest BCUT2D eigenvalue weighted by molar-refractivity contribution is 5.50. The minimum absolute atomic E-state index is 0.247. The van der Waals surface area contributed by atoms with Crippen molar-refractivity contribution in [2.75, 3.05) is 6.54 Å². The number of aryl methyl sites for hydroxylation is 1. The van der Waals surface area contributed by atoms with Crippen molar-refractivity contribution >= 4 is 5.52 Å². The van der Waals surface area contributed by atoms with E-state index in [0.717, 1.165) is 29.9 Å². The molecular formula is C13H19N5. The highest BCUT2D eigenvalue weighted by atomic mass is 15.4. The van der Waals surface area contributed by atoms with Crippen LogP contribution < -0.4 is 5.84 Å². The molecule has 2 aromatic rings. The molecule has 96 valence electrons. The van der Waals surface area contributed by atoms with Gasteiger partial charge in [-0.25, -0.2) is 9.52 Å². The van der Waals surface area contributed by atoms with E-state index in [1.54, 1.807) is 0 Å². The van der Waals surface area contributed by atoms with Crippen molar-refractivity contribution in [2.24, 2.45) is 5.84 Å². The average Bonchev–Trinajstić information content (AvgIpc) is 2.63. The van der Waals surface area contributed by atoms with E-state index in [1.165, 1.54) is 19.3 Å². The Morgan fingerprint density at radius 2 is 2.17 bits per heavy atom. The minimum atomic E-state index is 0.247. The van der Waals surface area contributed by atoms with Crippen LogP contribution in [-0.2, 0) is 0 Å². The first-order chi connectivity index (χ1) is 8.77. The molecule has 3 rings (SSSR count). The molecule has 5 heteroatoms. The fourth-order valence-corrected chi connectivity index (χ4v) is 2.76. The number of hydrogen-bond donors (Lipinski definition) is 1. The molecule has 1 aliphatic rings. The van der Waals surface area contributed by atoms with Crippen LogP contribution >= 0.6 is 0 Å². The van der Waals surface area contributed by atoms with Gasteiger partial charge in [0.05, 0.1) is 22.9 Å². The summed E-state index contributed by atoms with van der Waals surface area (Å²) < 4.78 is 1.94. The molecule has 5 nitrogen and oxygen atoms in total. The van der Waals surface area contributed by atoms with Gasteiger partial charge in [-0.3, -0.25) is 5.84 Å². The van der Waals surface area contributed by atoms with E-state index < -0.39 is 0 Å². The summed E-state index contributed by atoms with van der Waals surface area (Å²) in [6, 6.07) is 6.48. The van der Waals surface area contributed by atoms with Crippen LogP contribution in [-0.4, -0.2) is 26.4 Å². The first-order valence-corrected chi connectivity index (χ1v) is 6.59. The van der Waals surface area contributed by atoms with Gasteiger partial charge in [-0.2, -0.15) is 0 Å². The average molecular weight is 245 g/mol. The van der Waals surface area contributed by atoms with Crippen molar-refractivity contribution in [2.45, 2.75) is 38.6 Å². The molecule has 0 aliphatic carbocycles. The van der Waals surface area contributed by atoms with Gasteiger partial charge in [0.1, 0.15) is 0 Å². The number of nitrogens with zero attached hydrogens (tertiary/aromatic N) is 4. The summed E-state index contributed by atoms with van der Waals surface area (Å²) in [5.74, 6) is 6.18. The Balaban J connectivity index is 2.07. The summed E-state index contributed by atoms with van der Waals surface area (Å²) >= 11 is 0. The number of hydrazine groups is 1. The number of nitrogens with two attached hydrogens (primary N) is 1. The smallest absolute Gasteiger partial charge is 0.0898 e. The van der Waals surface area contributed by atoms with Crippen LogP contribution in [0.1, 0.15) is 43.1 Å². The molecule has 1 atom stereocenters. The monoisotopic (exact) mass is 245 g/mol. The topological polar surface area (TPSA) is 59.5 Å². The number of rotatable bonds is 1. The van der Waals surface area contributed by atoms with Crippen molar-refractivity contribution < 1.29 is 0 Å². The predicted molar refractivity (Wildman–Crippen MR) is 69.8 cm³/mol. The number of pyridine rings is 1. The maximum Gasteiger partial charge on any atom is 0.0898 e. The van der Waals surface area contributed by atoms with Crippen LogP contribution in [0.25, 0.3) is 5.52 Å². The first-order valence-electron chi connectivity index (χ1n) is 6.59. The van der Waals surface area contributed by atoms with Crippen molar-refractivity contribution in [3.05, 3.63) is 29.6 Å².